The van der Waals surface area contributed by atoms with E-state index in [1.165, 1.54) is 11.3 Å². The quantitative estimate of drug-likeness (QED) is 0.849. The van der Waals surface area contributed by atoms with Crippen LogP contribution >= 0.6 is 11.3 Å². The molecule has 0 aliphatic rings. The van der Waals surface area contributed by atoms with Crippen LogP contribution in [0.2, 0.25) is 0 Å². The number of rotatable bonds is 7. The molecule has 21 heavy (non-hydrogen) atoms. The van der Waals surface area contributed by atoms with Crippen LogP contribution in [0.1, 0.15) is 19.4 Å². The van der Waals surface area contributed by atoms with Gasteiger partial charge in [-0.15, -0.1) is 0 Å². The Labute approximate surface area is 129 Å². The Hall–Kier alpha value is -1.44. The summed E-state index contributed by atoms with van der Waals surface area (Å²) < 4.78 is 26.9. The molecule has 0 saturated heterocycles. The molecule has 0 spiro atoms. The standard InChI is InChI=1S/C14H19N3O2S2/c1-3-17(4-2)14-12(6-5-8-15-14)10-16-21(18,19)13-7-9-20-11-13/h5-9,11,16H,3-4,10H2,1-2H3. The topological polar surface area (TPSA) is 62.3 Å². The Kier molecular flexibility index (Phi) is 5.33. The SMILES string of the molecule is CCN(CC)c1ncccc1CNS(=O)(=O)c1ccsc1. The summed E-state index contributed by atoms with van der Waals surface area (Å²) in [7, 11) is -3.46. The van der Waals surface area contributed by atoms with Crippen molar-refractivity contribution in [2.75, 3.05) is 18.0 Å². The molecule has 0 aliphatic carbocycles. The number of thiophene rings is 1. The fourth-order valence-corrected chi connectivity index (χ4v) is 4.07. The summed E-state index contributed by atoms with van der Waals surface area (Å²) in [4.78, 5) is 6.79. The molecule has 0 saturated carbocycles. The maximum absolute atomic E-state index is 12.1. The number of sulfonamides is 1. The summed E-state index contributed by atoms with van der Waals surface area (Å²) >= 11 is 1.36. The minimum Gasteiger partial charge on any atom is -0.357 e. The molecule has 2 aromatic rings. The lowest BCUT2D eigenvalue weighted by atomic mass is 10.2. The predicted molar refractivity (Wildman–Crippen MR) is 86.1 cm³/mol. The van der Waals surface area contributed by atoms with Gasteiger partial charge in [0.2, 0.25) is 10.0 Å². The van der Waals surface area contributed by atoms with Crippen molar-refractivity contribution in [1.29, 1.82) is 0 Å². The van der Waals surface area contributed by atoms with Gasteiger partial charge in [0.25, 0.3) is 0 Å². The molecule has 2 heterocycles. The lowest BCUT2D eigenvalue weighted by Gasteiger charge is -2.22. The van der Waals surface area contributed by atoms with Crippen LogP contribution in [0.4, 0.5) is 5.82 Å². The fraction of sp³-hybridized carbons (Fsp3) is 0.357. The molecule has 0 bridgehead atoms. The molecular formula is C14H19N3O2S2. The maximum Gasteiger partial charge on any atom is 0.241 e. The van der Waals surface area contributed by atoms with Crippen LogP contribution in [0.3, 0.4) is 0 Å². The number of nitrogens with one attached hydrogen (secondary N) is 1. The minimum absolute atomic E-state index is 0.234. The van der Waals surface area contributed by atoms with Crippen molar-refractivity contribution < 1.29 is 8.42 Å². The van der Waals surface area contributed by atoms with Crippen molar-refractivity contribution >= 4 is 27.2 Å². The number of hydrogen-bond donors (Lipinski definition) is 1. The zero-order valence-electron chi connectivity index (χ0n) is 12.1. The third-order valence-corrected chi connectivity index (χ3v) is 5.42. The van der Waals surface area contributed by atoms with Crippen molar-refractivity contribution in [3.05, 3.63) is 40.7 Å². The Morgan fingerprint density at radius 3 is 2.67 bits per heavy atom. The van der Waals surface area contributed by atoms with Crippen LogP contribution in [-0.2, 0) is 16.6 Å². The molecule has 2 aromatic heterocycles. The van der Waals surface area contributed by atoms with Gasteiger partial charge in [0.15, 0.2) is 0 Å². The van der Waals surface area contributed by atoms with Gasteiger partial charge in [0.1, 0.15) is 5.82 Å². The van der Waals surface area contributed by atoms with Crippen LogP contribution < -0.4 is 9.62 Å². The van der Waals surface area contributed by atoms with E-state index in [2.05, 4.69) is 28.5 Å². The normalized spacial score (nSPS) is 11.5. The summed E-state index contributed by atoms with van der Waals surface area (Å²) in [6.45, 7) is 6.00. The van der Waals surface area contributed by atoms with Crippen LogP contribution in [0, 0.1) is 0 Å². The second kappa shape index (κ2) is 7.02. The monoisotopic (exact) mass is 325 g/mol. The average Bonchev–Trinajstić information content (AvgIpc) is 3.03. The molecule has 0 radical (unpaired) electrons. The van der Waals surface area contributed by atoms with E-state index in [1.54, 1.807) is 23.0 Å². The van der Waals surface area contributed by atoms with E-state index in [4.69, 9.17) is 0 Å². The molecule has 0 aromatic carbocycles. The van der Waals surface area contributed by atoms with Gasteiger partial charge in [-0.25, -0.2) is 18.1 Å². The molecular weight excluding hydrogens is 306 g/mol. The summed E-state index contributed by atoms with van der Waals surface area (Å²) in [5, 5.41) is 3.37. The third-order valence-electron chi connectivity index (χ3n) is 3.19. The van der Waals surface area contributed by atoms with E-state index in [-0.39, 0.29) is 6.54 Å². The molecule has 0 fully saturated rings. The smallest absolute Gasteiger partial charge is 0.241 e. The molecule has 5 nitrogen and oxygen atoms in total. The maximum atomic E-state index is 12.1. The van der Waals surface area contributed by atoms with E-state index < -0.39 is 10.0 Å². The van der Waals surface area contributed by atoms with Gasteiger partial charge in [0, 0.05) is 36.8 Å². The van der Waals surface area contributed by atoms with Crippen molar-refractivity contribution in [2.45, 2.75) is 25.3 Å². The largest absolute Gasteiger partial charge is 0.357 e. The second-order valence-electron chi connectivity index (χ2n) is 4.44. The number of hydrogen-bond acceptors (Lipinski definition) is 5. The van der Waals surface area contributed by atoms with E-state index in [9.17, 15) is 8.42 Å². The van der Waals surface area contributed by atoms with Crippen molar-refractivity contribution in [1.82, 2.24) is 9.71 Å². The van der Waals surface area contributed by atoms with Crippen molar-refractivity contribution in [2.24, 2.45) is 0 Å². The van der Waals surface area contributed by atoms with Crippen molar-refractivity contribution in [3.63, 3.8) is 0 Å². The van der Waals surface area contributed by atoms with Gasteiger partial charge in [-0.05, 0) is 31.4 Å². The van der Waals surface area contributed by atoms with Crippen LogP contribution in [0.15, 0.2) is 40.1 Å². The Bertz CT molecular complexity index is 665. The molecule has 114 valence electrons. The third kappa shape index (κ3) is 3.81. The minimum atomic E-state index is -3.46. The zero-order chi connectivity index (χ0) is 15.3. The number of aromatic nitrogens is 1. The Morgan fingerprint density at radius 2 is 2.05 bits per heavy atom. The van der Waals surface area contributed by atoms with E-state index in [0.29, 0.717) is 4.90 Å². The molecule has 0 unspecified atom stereocenters. The molecule has 0 aliphatic heterocycles. The number of anilines is 1. The van der Waals surface area contributed by atoms with E-state index in [1.807, 2.05) is 12.1 Å². The molecule has 0 atom stereocenters. The fourth-order valence-electron chi connectivity index (χ4n) is 2.04. The van der Waals surface area contributed by atoms with Gasteiger partial charge in [-0.3, -0.25) is 0 Å². The Balaban J connectivity index is 2.17. The van der Waals surface area contributed by atoms with Gasteiger partial charge < -0.3 is 4.90 Å². The molecule has 7 heteroatoms. The van der Waals surface area contributed by atoms with Crippen molar-refractivity contribution in [3.8, 4) is 0 Å². The summed E-state index contributed by atoms with van der Waals surface area (Å²) in [5.74, 6) is 0.829. The zero-order valence-corrected chi connectivity index (χ0v) is 13.7. The molecule has 2 rings (SSSR count). The highest BCUT2D eigenvalue weighted by atomic mass is 32.2. The highest BCUT2D eigenvalue weighted by Crippen LogP contribution is 2.18. The van der Waals surface area contributed by atoms with Crippen LogP contribution in [-0.4, -0.2) is 26.5 Å². The van der Waals surface area contributed by atoms with E-state index >= 15 is 0 Å². The van der Waals surface area contributed by atoms with Crippen LogP contribution in [0.25, 0.3) is 0 Å². The first kappa shape index (κ1) is 15.9. The van der Waals surface area contributed by atoms with Crippen LogP contribution in [0.5, 0.6) is 0 Å². The molecule has 1 N–H and O–H groups in total. The summed E-state index contributed by atoms with van der Waals surface area (Å²) in [6, 6.07) is 5.32. The Morgan fingerprint density at radius 1 is 1.29 bits per heavy atom. The predicted octanol–water partition coefficient (Wildman–Crippen LogP) is 2.47. The van der Waals surface area contributed by atoms with E-state index in [0.717, 1.165) is 24.5 Å². The summed E-state index contributed by atoms with van der Waals surface area (Å²) in [6.07, 6.45) is 1.73. The van der Waals surface area contributed by atoms with Gasteiger partial charge in [-0.1, -0.05) is 6.07 Å². The first-order valence-electron chi connectivity index (χ1n) is 6.79. The highest BCUT2D eigenvalue weighted by molar-refractivity contribution is 7.89. The first-order valence-corrected chi connectivity index (χ1v) is 9.21. The highest BCUT2D eigenvalue weighted by Gasteiger charge is 2.16. The first-order chi connectivity index (χ1) is 10.1. The second-order valence-corrected chi connectivity index (χ2v) is 6.99. The van der Waals surface area contributed by atoms with Gasteiger partial charge in [0.05, 0.1) is 4.90 Å². The average molecular weight is 325 g/mol. The lowest BCUT2D eigenvalue weighted by molar-refractivity contribution is 0.581. The number of nitrogens with zero attached hydrogens (tertiary/aromatic N) is 2. The summed E-state index contributed by atoms with van der Waals surface area (Å²) in [5.41, 5.74) is 0.875. The van der Waals surface area contributed by atoms with Gasteiger partial charge in [-0.2, -0.15) is 11.3 Å². The lowest BCUT2D eigenvalue weighted by Crippen LogP contribution is -2.27. The van der Waals surface area contributed by atoms with Gasteiger partial charge >= 0.3 is 0 Å². The number of pyridine rings is 1. The molecule has 0 amide bonds.